The zero-order valence-electron chi connectivity index (χ0n) is 15.4. The van der Waals surface area contributed by atoms with Crippen molar-refractivity contribution in [3.05, 3.63) is 60.8 Å². The summed E-state index contributed by atoms with van der Waals surface area (Å²) in [4.78, 5) is 21.8. The molecule has 0 unspecified atom stereocenters. The molecule has 0 saturated carbocycles. The van der Waals surface area contributed by atoms with Crippen molar-refractivity contribution < 1.29 is 14.7 Å². The van der Waals surface area contributed by atoms with Crippen LogP contribution in [0.5, 0.6) is 0 Å². The van der Waals surface area contributed by atoms with Crippen LogP contribution in [0.4, 0.5) is 0 Å². The summed E-state index contributed by atoms with van der Waals surface area (Å²) in [5.74, 6) is -0.550. The van der Waals surface area contributed by atoms with Gasteiger partial charge < -0.3 is 5.11 Å². The minimum Gasteiger partial charge on any atom is -0.481 e. The van der Waals surface area contributed by atoms with E-state index in [1.807, 2.05) is 18.2 Å². The summed E-state index contributed by atoms with van der Waals surface area (Å²) in [5.41, 5.74) is 0. The molecule has 0 atom stereocenters. The molecule has 0 aliphatic carbocycles. The lowest BCUT2D eigenvalue weighted by Gasteiger charge is -1.90. The van der Waals surface area contributed by atoms with Gasteiger partial charge in [0.15, 0.2) is 5.78 Å². The third-order valence-corrected chi connectivity index (χ3v) is 3.32. The fourth-order valence-electron chi connectivity index (χ4n) is 1.95. The predicted molar refractivity (Wildman–Crippen MR) is 106 cm³/mol. The summed E-state index contributed by atoms with van der Waals surface area (Å²) in [7, 11) is 0. The Morgan fingerprint density at radius 3 is 1.64 bits per heavy atom. The molecule has 25 heavy (non-hydrogen) atoms. The van der Waals surface area contributed by atoms with Crippen LogP contribution >= 0.6 is 0 Å². The van der Waals surface area contributed by atoms with E-state index in [1.54, 1.807) is 6.08 Å². The van der Waals surface area contributed by atoms with Crippen molar-refractivity contribution in [2.75, 3.05) is 0 Å². The topological polar surface area (TPSA) is 54.4 Å². The normalized spacial score (nSPS) is 12.5. The van der Waals surface area contributed by atoms with E-state index in [4.69, 9.17) is 5.11 Å². The highest BCUT2D eigenvalue weighted by molar-refractivity contribution is 5.89. The molecule has 0 spiro atoms. The number of allylic oxidation sites excluding steroid dienone is 10. The lowest BCUT2D eigenvalue weighted by molar-refractivity contribution is -0.136. The molecule has 0 aliphatic heterocycles. The molecule has 0 saturated heterocycles. The van der Waals surface area contributed by atoms with Gasteiger partial charge in [-0.05, 0) is 44.6 Å². The fourth-order valence-corrected chi connectivity index (χ4v) is 1.95. The van der Waals surface area contributed by atoms with Crippen molar-refractivity contribution in [1.29, 1.82) is 0 Å². The van der Waals surface area contributed by atoms with Crippen molar-refractivity contribution in [2.24, 2.45) is 0 Å². The minimum atomic E-state index is -0.755. The Kier molecular flexibility index (Phi) is 16.6. The quantitative estimate of drug-likeness (QED) is 0.295. The van der Waals surface area contributed by atoms with E-state index >= 15 is 0 Å². The average Bonchev–Trinajstić information content (AvgIpc) is 2.58. The number of unbranched alkanes of at least 4 members (excludes halogenated alkanes) is 1. The maximum absolute atomic E-state index is 11.5. The molecular formula is C22H32O3. The van der Waals surface area contributed by atoms with Gasteiger partial charge in [0.1, 0.15) is 0 Å². The number of hydrogen-bond acceptors (Lipinski definition) is 2. The Morgan fingerprint density at radius 2 is 1.16 bits per heavy atom. The Hall–Kier alpha value is -2.16. The van der Waals surface area contributed by atoms with Gasteiger partial charge in [-0.15, -0.1) is 0 Å². The van der Waals surface area contributed by atoms with Crippen LogP contribution in [-0.2, 0) is 9.59 Å². The number of aliphatic carboxylic acids is 1. The molecule has 0 aliphatic rings. The van der Waals surface area contributed by atoms with Gasteiger partial charge >= 0.3 is 5.97 Å². The van der Waals surface area contributed by atoms with Crippen LogP contribution in [0, 0.1) is 0 Å². The van der Waals surface area contributed by atoms with E-state index in [0.717, 1.165) is 38.5 Å². The molecule has 0 aromatic carbocycles. The van der Waals surface area contributed by atoms with E-state index in [9.17, 15) is 9.59 Å². The van der Waals surface area contributed by atoms with Gasteiger partial charge in [-0.3, -0.25) is 9.59 Å². The molecule has 138 valence electrons. The van der Waals surface area contributed by atoms with Crippen molar-refractivity contribution >= 4 is 11.8 Å². The monoisotopic (exact) mass is 344 g/mol. The summed E-state index contributed by atoms with van der Waals surface area (Å²) >= 11 is 0. The van der Waals surface area contributed by atoms with Gasteiger partial charge in [-0.25, -0.2) is 0 Å². The van der Waals surface area contributed by atoms with Crippen LogP contribution in [0.1, 0.15) is 64.7 Å². The third kappa shape index (κ3) is 19.8. The number of rotatable bonds is 15. The van der Waals surface area contributed by atoms with Gasteiger partial charge in [0, 0.05) is 12.8 Å². The standard InChI is InChI=1S/C22H32O3/c1-2-3-15-18-21(23)19-16-13-11-9-7-5-4-6-8-10-12-14-17-20-22(24)25/h5-8,11-15,18H,2-4,9-10,16-17,19-20H2,1H3,(H,24,25)/b7-5+,8-6+,13-11+,14-12-,18-15+. The second-order valence-electron chi connectivity index (χ2n) is 5.72. The first-order valence-corrected chi connectivity index (χ1v) is 9.18. The molecule has 0 fully saturated rings. The molecule has 0 amide bonds. The fraction of sp³-hybridized carbons (Fsp3) is 0.455. The van der Waals surface area contributed by atoms with Crippen molar-refractivity contribution in [3.63, 3.8) is 0 Å². The minimum absolute atomic E-state index is 0.195. The molecule has 0 rings (SSSR count). The third-order valence-electron chi connectivity index (χ3n) is 3.32. The summed E-state index contributed by atoms with van der Waals surface area (Å²) in [5, 5.41) is 8.49. The second-order valence-corrected chi connectivity index (χ2v) is 5.72. The van der Waals surface area contributed by atoms with Gasteiger partial charge in [-0.2, -0.15) is 0 Å². The van der Waals surface area contributed by atoms with Crippen LogP contribution in [0.3, 0.4) is 0 Å². The number of carboxylic acids is 1. The van der Waals surface area contributed by atoms with Crippen LogP contribution < -0.4 is 0 Å². The zero-order chi connectivity index (χ0) is 18.6. The second kappa shape index (κ2) is 18.2. The van der Waals surface area contributed by atoms with Crippen molar-refractivity contribution in [1.82, 2.24) is 0 Å². The first-order valence-electron chi connectivity index (χ1n) is 9.18. The van der Waals surface area contributed by atoms with E-state index in [0.29, 0.717) is 12.8 Å². The van der Waals surface area contributed by atoms with E-state index in [2.05, 4.69) is 43.4 Å². The summed E-state index contributed by atoms with van der Waals surface area (Å²) in [6.45, 7) is 2.10. The summed E-state index contributed by atoms with van der Waals surface area (Å²) in [6.07, 6.45) is 27.0. The molecular weight excluding hydrogens is 312 g/mol. The van der Waals surface area contributed by atoms with E-state index < -0.39 is 5.97 Å². The number of carbonyl (C=O) groups excluding carboxylic acids is 1. The highest BCUT2D eigenvalue weighted by Gasteiger charge is 1.92. The van der Waals surface area contributed by atoms with Gasteiger partial charge in [0.2, 0.25) is 0 Å². The predicted octanol–water partition coefficient (Wildman–Crippen LogP) is 5.95. The highest BCUT2D eigenvalue weighted by atomic mass is 16.4. The van der Waals surface area contributed by atoms with Gasteiger partial charge in [0.05, 0.1) is 0 Å². The Bertz CT molecular complexity index is 493. The van der Waals surface area contributed by atoms with E-state index in [1.165, 1.54) is 0 Å². The molecule has 0 aromatic rings. The van der Waals surface area contributed by atoms with Crippen LogP contribution in [-0.4, -0.2) is 16.9 Å². The summed E-state index contributed by atoms with van der Waals surface area (Å²) in [6, 6.07) is 0. The molecule has 0 radical (unpaired) electrons. The number of carbonyl (C=O) groups is 2. The smallest absolute Gasteiger partial charge is 0.303 e. The highest BCUT2D eigenvalue weighted by Crippen LogP contribution is 1.99. The molecule has 0 bridgehead atoms. The lowest BCUT2D eigenvalue weighted by Crippen LogP contribution is -1.91. The maximum atomic E-state index is 11.5. The average molecular weight is 344 g/mol. The number of hydrogen-bond donors (Lipinski definition) is 1. The largest absolute Gasteiger partial charge is 0.481 e. The summed E-state index contributed by atoms with van der Waals surface area (Å²) < 4.78 is 0. The Labute approximate surface area is 152 Å². The molecule has 1 N–H and O–H groups in total. The van der Waals surface area contributed by atoms with Crippen molar-refractivity contribution in [3.8, 4) is 0 Å². The first-order chi connectivity index (χ1) is 12.2. The zero-order valence-corrected chi connectivity index (χ0v) is 15.4. The Balaban J connectivity index is 3.57. The van der Waals surface area contributed by atoms with Crippen molar-refractivity contribution in [2.45, 2.75) is 64.7 Å². The first kappa shape index (κ1) is 22.8. The van der Waals surface area contributed by atoms with E-state index in [-0.39, 0.29) is 12.2 Å². The maximum Gasteiger partial charge on any atom is 0.303 e. The van der Waals surface area contributed by atoms with Gasteiger partial charge in [-0.1, -0.05) is 68.0 Å². The SMILES string of the molecule is CCC/C=C/C(=O)CC/C=C/C/C=C/C/C=C/C/C=C\CCC(=O)O. The Morgan fingerprint density at radius 1 is 0.680 bits per heavy atom. The molecule has 0 heterocycles. The van der Waals surface area contributed by atoms with Crippen LogP contribution in [0.15, 0.2) is 60.8 Å². The molecule has 3 nitrogen and oxygen atoms in total. The molecule has 0 aromatic heterocycles. The van der Waals surface area contributed by atoms with Crippen LogP contribution in [0.25, 0.3) is 0 Å². The van der Waals surface area contributed by atoms with Crippen LogP contribution in [0.2, 0.25) is 0 Å². The van der Waals surface area contributed by atoms with Gasteiger partial charge in [0.25, 0.3) is 0 Å². The molecule has 3 heteroatoms. The number of ketones is 1. The lowest BCUT2D eigenvalue weighted by atomic mass is 10.1. The number of carboxylic acid groups (broad SMARTS) is 1.